The molecule has 2 aromatic heterocycles. The largest absolute Gasteiger partial charge is 0.353 e. The molecule has 140 valence electrons. The zero-order valence-corrected chi connectivity index (χ0v) is 15.7. The highest BCUT2D eigenvalue weighted by molar-refractivity contribution is 5.85. The van der Waals surface area contributed by atoms with Gasteiger partial charge in [-0.2, -0.15) is 0 Å². The minimum Gasteiger partial charge on any atom is -0.353 e. The van der Waals surface area contributed by atoms with Crippen LogP contribution >= 0.6 is 0 Å². The molecule has 0 spiro atoms. The second-order valence-electron chi connectivity index (χ2n) is 7.10. The molecule has 6 heteroatoms. The van der Waals surface area contributed by atoms with E-state index in [2.05, 4.69) is 20.9 Å². The molecule has 1 atom stereocenters. The maximum atomic E-state index is 14.0. The maximum Gasteiger partial charge on any atom is 0.134 e. The zero-order valence-electron chi connectivity index (χ0n) is 15.7. The van der Waals surface area contributed by atoms with Gasteiger partial charge in [-0.05, 0) is 44.2 Å². The molecule has 3 heterocycles. The Morgan fingerprint density at radius 1 is 1.07 bits per heavy atom. The molecule has 0 radical (unpaired) electrons. The molecule has 1 unspecified atom stereocenters. The van der Waals surface area contributed by atoms with Gasteiger partial charge in [0.1, 0.15) is 17.5 Å². The smallest absolute Gasteiger partial charge is 0.134 e. The molecular formula is C21H24FN5. The quantitative estimate of drug-likeness (QED) is 0.771. The summed E-state index contributed by atoms with van der Waals surface area (Å²) in [6, 6.07) is 11.1. The summed E-state index contributed by atoms with van der Waals surface area (Å²) in [6.45, 7) is 7.10. The number of rotatable bonds is 3. The molecule has 4 rings (SSSR count). The van der Waals surface area contributed by atoms with Crippen LogP contribution in [0.3, 0.4) is 0 Å². The molecule has 1 fully saturated rings. The summed E-state index contributed by atoms with van der Waals surface area (Å²) < 4.78 is 14.0. The molecule has 1 aliphatic heterocycles. The van der Waals surface area contributed by atoms with E-state index in [4.69, 9.17) is 10.7 Å². The van der Waals surface area contributed by atoms with Crippen molar-refractivity contribution in [1.29, 1.82) is 0 Å². The predicted octanol–water partition coefficient (Wildman–Crippen LogP) is 3.42. The first-order valence-electron chi connectivity index (χ1n) is 9.31. The number of hydrogen-bond donors (Lipinski definition) is 1. The fraction of sp³-hybridized carbons (Fsp3) is 0.333. The van der Waals surface area contributed by atoms with Gasteiger partial charge in [-0.3, -0.25) is 0 Å². The monoisotopic (exact) mass is 365 g/mol. The third-order valence-electron chi connectivity index (χ3n) is 5.23. The maximum absolute atomic E-state index is 14.0. The van der Waals surface area contributed by atoms with Crippen LogP contribution in [-0.2, 0) is 0 Å². The molecule has 1 aliphatic rings. The lowest BCUT2D eigenvalue weighted by Gasteiger charge is -2.37. The molecule has 0 saturated carbocycles. The third kappa shape index (κ3) is 3.32. The van der Waals surface area contributed by atoms with E-state index < -0.39 is 0 Å². The van der Waals surface area contributed by atoms with Crippen LogP contribution in [0.1, 0.15) is 24.1 Å². The van der Waals surface area contributed by atoms with E-state index >= 15 is 0 Å². The topological polar surface area (TPSA) is 58.3 Å². The van der Waals surface area contributed by atoms with Gasteiger partial charge in [-0.1, -0.05) is 6.07 Å². The Hall–Kier alpha value is -2.73. The number of fused-ring (bicyclic) bond motifs is 1. The second kappa shape index (κ2) is 7.12. The lowest BCUT2D eigenvalue weighted by molar-refractivity contribution is 0.619. The molecule has 5 nitrogen and oxygen atoms in total. The van der Waals surface area contributed by atoms with Gasteiger partial charge >= 0.3 is 0 Å². The summed E-state index contributed by atoms with van der Waals surface area (Å²) in [5, 5.41) is 0.928. The molecule has 0 amide bonds. The molecule has 2 N–H and O–H groups in total. The summed E-state index contributed by atoms with van der Waals surface area (Å²) in [6.07, 6.45) is 1.82. The molecule has 0 bridgehead atoms. The van der Waals surface area contributed by atoms with Crippen LogP contribution in [0, 0.1) is 12.7 Å². The minimum absolute atomic E-state index is 0.143. The summed E-state index contributed by atoms with van der Waals surface area (Å²) in [5.41, 5.74) is 8.53. The van der Waals surface area contributed by atoms with Gasteiger partial charge in [0.05, 0.1) is 5.52 Å². The van der Waals surface area contributed by atoms with Crippen LogP contribution in [-0.4, -0.2) is 36.1 Å². The normalized spacial score (nSPS) is 16.0. The van der Waals surface area contributed by atoms with Crippen molar-refractivity contribution < 1.29 is 4.39 Å². The molecule has 3 aromatic rings. The van der Waals surface area contributed by atoms with Crippen molar-refractivity contribution in [3.05, 3.63) is 59.5 Å². The standard InChI is InChI=1S/C21H24FN5/c1-14-18(22)7-6-16-13-17(15(2)23)21(25-20(14)16)27-11-9-26(10-12-27)19-5-3-4-8-24-19/h3-8,13,15H,9-12,23H2,1-2H3. The van der Waals surface area contributed by atoms with Crippen molar-refractivity contribution in [3.8, 4) is 0 Å². The number of halogens is 1. The van der Waals surface area contributed by atoms with Gasteiger partial charge in [0.25, 0.3) is 0 Å². The van der Waals surface area contributed by atoms with Gasteiger partial charge < -0.3 is 15.5 Å². The Balaban J connectivity index is 1.67. The van der Waals surface area contributed by atoms with E-state index in [0.29, 0.717) is 11.1 Å². The number of benzene rings is 1. The minimum atomic E-state index is -0.227. The lowest BCUT2D eigenvalue weighted by Crippen LogP contribution is -2.47. The number of piperazine rings is 1. The molecule has 1 aromatic carbocycles. The second-order valence-corrected chi connectivity index (χ2v) is 7.10. The molecular weight excluding hydrogens is 341 g/mol. The zero-order chi connectivity index (χ0) is 19.0. The summed E-state index contributed by atoms with van der Waals surface area (Å²) in [7, 11) is 0. The van der Waals surface area contributed by atoms with Crippen LogP contribution in [0.4, 0.5) is 16.0 Å². The molecule has 27 heavy (non-hydrogen) atoms. The van der Waals surface area contributed by atoms with E-state index in [-0.39, 0.29) is 11.9 Å². The van der Waals surface area contributed by atoms with Crippen molar-refractivity contribution in [3.63, 3.8) is 0 Å². The van der Waals surface area contributed by atoms with E-state index in [1.807, 2.05) is 31.3 Å². The Kier molecular flexibility index (Phi) is 4.66. The van der Waals surface area contributed by atoms with Gasteiger partial charge in [-0.15, -0.1) is 0 Å². The highest BCUT2D eigenvalue weighted by atomic mass is 19.1. The average molecular weight is 365 g/mol. The molecule has 1 saturated heterocycles. The van der Waals surface area contributed by atoms with Crippen LogP contribution in [0.5, 0.6) is 0 Å². The van der Waals surface area contributed by atoms with E-state index in [1.54, 1.807) is 13.0 Å². The highest BCUT2D eigenvalue weighted by Gasteiger charge is 2.23. The Morgan fingerprint density at radius 2 is 1.81 bits per heavy atom. The number of hydrogen-bond acceptors (Lipinski definition) is 5. The Bertz CT molecular complexity index is 950. The summed E-state index contributed by atoms with van der Waals surface area (Å²) >= 11 is 0. The van der Waals surface area contributed by atoms with Gasteiger partial charge in [-0.25, -0.2) is 14.4 Å². The van der Waals surface area contributed by atoms with Crippen molar-refractivity contribution in [1.82, 2.24) is 9.97 Å². The fourth-order valence-corrected chi connectivity index (χ4v) is 3.64. The van der Waals surface area contributed by atoms with Crippen LogP contribution in [0.15, 0.2) is 42.6 Å². The van der Waals surface area contributed by atoms with E-state index in [1.165, 1.54) is 6.07 Å². The number of anilines is 2. The van der Waals surface area contributed by atoms with Crippen LogP contribution in [0.25, 0.3) is 10.9 Å². The van der Waals surface area contributed by atoms with Crippen LogP contribution < -0.4 is 15.5 Å². The fourth-order valence-electron chi connectivity index (χ4n) is 3.64. The Labute approximate surface area is 158 Å². The number of pyridine rings is 2. The summed E-state index contributed by atoms with van der Waals surface area (Å²) in [5.74, 6) is 1.63. The molecule has 0 aliphatic carbocycles. The van der Waals surface area contributed by atoms with Crippen molar-refractivity contribution >= 4 is 22.5 Å². The Morgan fingerprint density at radius 3 is 2.48 bits per heavy atom. The third-order valence-corrected chi connectivity index (χ3v) is 5.23. The van der Waals surface area contributed by atoms with Gasteiger partial charge in [0.2, 0.25) is 0 Å². The highest BCUT2D eigenvalue weighted by Crippen LogP contribution is 2.30. The first kappa shape index (κ1) is 17.7. The number of aryl methyl sites for hydroxylation is 1. The predicted molar refractivity (Wildman–Crippen MR) is 108 cm³/mol. The van der Waals surface area contributed by atoms with Gasteiger partial charge in [0, 0.05) is 54.9 Å². The average Bonchev–Trinajstić information content (AvgIpc) is 2.71. The van der Waals surface area contributed by atoms with Crippen molar-refractivity contribution in [2.24, 2.45) is 5.73 Å². The SMILES string of the molecule is Cc1c(F)ccc2cc(C(C)N)c(N3CCN(c4ccccn4)CC3)nc12. The number of aromatic nitrogens is 2. The number of nitrogens with zero attached hydrogens (tertiary/aromatic N) is 4. The van der Waals surface area contributed by atoms with Gasteiger partial charge in [0.15, 0.2) is 0 Å². The first-order valence-corrected chi connectivity index (χ1v) is 9.31. The van der Waals surface area contributed by atoms with Crippen molar-refractivity contribution in [2.45, 2.75) is 19.9 Å². The van der Waals surface area contributed by atoms with E-state index in [0.717, 1.165) is 48.8 Å². The van der Waals surface area contributed by atoms with Crippen LogP contribution in [0.2, 0.25) is 0 Å². The van der Waals surface area contributed by atoms with E-state index in [9.17, 15) is 4.39 Å². The number of nitrogens with two attached hydrogens (primary N) is 1. The first-order chi connectivity index (χ1) is 13.0. The lowest BCUT2D eigenvalue weighted by atomic mass is 10.0. The van der Waals surface area contributed by atoms with Crippen molar-refractivity contribution in [2.75, 3.05) is 36.0 Å². The summed E-state index contributed by atoms with van der Waals surface area (Å²) in [4.78, 5) is 13.8.